The zero-order valence-corrected chi connectivity index (χ0v) is 38.4. The number of rotatable bonds is 9. The highest BCUT2D eigenvalue weighted by atomic mass is 16.7. The van der Waals surface area contributed by atoms with E-state index in [4.69, 9.17) is 32.8 Å². The number of furan rings is 1. The molecule has 0 spiro atoms. The van der Waals surface area contributed by atoms with Crippen molar-refractivity contribution in [1.82, 2.24) is 4.90 Å². The average molecular weight is 872 g/mol. The number of carbonyl (C=O) groups excluding carboxylic acids is 4. The van der Waals surface area contributed by atoms with E-state index in [9.17, 15) is 29.4 Å². The molecule has 0 radical (unpaired) electrons. The van der Waals surface area contributed by atoms with E-state index in [-0.39, 0.29) is 55.6 Å². The lowest BCUT2D eigenvalue weighted by Gasteiger charge is -2.47. The molecule has 62 heavy (non-hydrogen) atoms. The van der Waals surface area contributed by atoms with Crippen LogP contribution >= 0.6 is 0 Å². The first kappa shape index (κ1) is 49.8. The monoisotopic (exact) mass is 872 g/mol. The minimum Gasteiger partial charge on any atom is -0.467 e. The normalized spacial score (nSPS) is 38.7. The van der Waals surface area contributed by atoms with Crippen LogP contribution < -0.4 is 0 Å². The summed E-state index contributed by atoms with van der Waals surface area (Å²) < 4.78 is 41.9. The van der Waals surface area contributed by atoms with Gasteiger partial charge in [-0.25, -0.2) is 4.79 Å². The van der Waals surface area contributed by atoms with Crippen molar-refractivity contribution in [3.05, 3.63) is 47.5 Å². The smallest absolute Gasteiger partial charge is 0.329 e. The zero-order chi connectivity index (χ0) is 45.3. The molecule has 14 nitrogen and oxygen atoms in total. The Morgan fingerprint density at radius 3 is 2.31 bits per heavy atom. The van der Waals surface area contributed by atoms with Crippen molar-refractivity contribution in [2.45, 2.75) is 173 Å². The first-order valence-corrected chi connectivity index (χ1v) is 22.8. The highest BCUT2D eigenvalue weighted by Crippen LogP contribution is 2.39. The summed E-state index contributed by atoms with van der Waals surface area (Å²) in [6.45, 7) is 11.7. The van der Waals surface area contributed by atoms with Crippen molar-refractivity contribution in [3.63, 3.8) is 0 Å². The number of hydrogen-bond acceptors (Lipinski definition) is 13. The number of methoxy groups -OCH3 is 3. The van der Waals surface area contributed by atoms with Crippen molar-refractivity contribution in [2.75, 3.05) is 27.9 Å². The fraction of sp³-hybridized carbons (Fsp3) is 0.750. The topological polar surface area (TPSA) is 180 Å². The Morgan fingerprint density at radius 1 is 0.935 bits per heavy atom. The molecule has 2 saturated heterocycles. The Bertz CT molecular complexity index is 1710. The molecule has 2 bridgehead atoms. The van der Waals surface area contributed by atoms with Gasteiger partial charge in [0.2, 0.25) is 5.79 Å². The SMILES string of the molecule is CCC1/C=C(\C)CC(C)CC(OC)C2OC(O)(C(=O)C(=O)N3CCCCC3C(=O)OC(C(C)=CC3CCC(OCc4ccco4)C(OC)C3)C(C)C(O)CC1=O)C(C)CC2OC. The van der Waals surface area contributed by atoms with Gasteiger partial charge in [0.1, 0.15) is 36.4 Å². The Hall–Kier alpha value is -3.24. The number of carbonyl (C=O) groups is 4. The number of nitrogens with zero attached hydrogens (tertiary/aromatic N) is 1. The molecule has 5 rings (SSSR count). The van der Waals surface area contributed by atoms with Gasteiger partial charge >= 0.3 is 5.97 Å². The predicted octanol–water partition coefficient (Wildman–Crippen LogP) is 6.29. The molecule has 14 unspecified atom stereocenters. The number of aliphatic hydroxyl groups excluding tert-OH is 1. The number of ketones is 2. The Kier molecular flexibility index (Phi) is 18.1. The molecule has 3 fully saturated rings. The third kappa shape index (κ3) is 11.9. The maximum atomic E-state index is 14.5. The number of Topliss-reactive ketones (excluding diaryl/α,β-unsaturated/α-hetero) is 2. The maximum absolute atomic E-state index is 14.5. The standard InChI is InChI=1S/C48H73NO13/c1-10-34-21-28(2)20-29(3)22-41(57-8)44-42(58-9)24-31(5)48(55,62-44)45(52)46(53)49-18-12-11-15-36(49)47(54)61-43(32(6)37(50)26-38(34)51)30(4)23-33-16-17-39(40(25-33)56-7)60-27-35-14-13-19-59-35/h13-14,19,21,23,29,31-34,36-37,39-44,50,55H,10-12,15-18,20,22,24-27H2,1-9H3/b28-21+,30-23?. The second-order valence-electron chi connectivity index (χ2n) is 18.5. The molecule has 4 heterocycles. The molecular formula is C48H73NO13. The van der Waals surface area contributed by atoms with E-state index in [1.54, 1.807) is 27.2 Å². The van der Waals surface area contributed by atoms with Crippen LogP contribution in [0.1, 0.15) is 118 Å². The number of allylic oxidation sites excluding steroid dienone is 3. The van der Waals surface area contributed by atoms with Gasteiger partial charge in [0.05, 0.1) is 36.8 Å². The summed E-state index contributed by atoms with van der Waals surface area (Å²) in [7, 11) is 4.73. The van der Waals surface area contributed by atoms with Gasteiger partial charge in [-0.1, -0.05) is 45.4 Å². The number of amides is 1. The molecule has 1 aliphatic carbocycles. The van der Waals surface area contributed by atoms with E-state index in [0.29, 0.717) is 50.7 Å². The fourth-order valence-corrected chi connectivity index (χ4v) is 10.1. The van der Waals surface area contributed by atoms with Crippen molar-refractivity contribution >= 4 is 23.4 Å². The number of cyclic esters (lactones) is 1. The summed E-state index contributed by atoms with van der Waals surface area (Å²) in [6.07, 6.45) is 6.34. The van der Waals surface area contributed by atoms with E-state index in [1.807, 2.05) is 39.0 Å². The second kappa shape index (κ2) is 22.6. The molecular weight excluding hydrogens is 799 g/mol. The number of hydrogen-bond donors (Lipinski definition) is 2. The van der Waals surface area contributed by atoms with Crippen molar-refractivity contribution in [1.29, 1.82) is 0 Å². The van der Waals surface area contributed by atoms with Gasteiger partial charge in [-0.15, -0.1) is 0 Å². The van der Waals surface area contributed by atoms with E-state index in [2.05, 4.69) is 13.0 Å². The minimum absolute atomic E-state index is 0.0287. The van der Waals surface area contributed by atoms with Crippen molar-refractivity contribution in [3.8, 4) is 0 Å². The van der Waals surface area contributed by atoms with Gasteiger partial charge < -0.3 is 48.0 Å². The largest absolute Gasteiger partial charge is 0.467 e. The molecule has 3 aliphatic heterocycles. The Labute approximate surface area is 368 Å². The molecule has 4 aliphatic rings. The molecule has 2 N–H and O–H groups in total. The van der Waals surface area contributed by atoms with Crippen LogP contribution in [0.15, 0.2) is 46.1 Å². The minimum atomic E-state index is -2.50. The quantitative estimate of drug-likeness (QED) is 0.161. The lowest BCUT2D eigenvalue weighted by Crippen LogP contribution is -2.64. The molecule has 14 heteroatoms. The Balaban J connectivity index is 1.48. The average Bonchev–Trinajstić information content (AvgIpc) is 3.79. The van der Waals surface area contributed by atoms with Gasteiger partial charge in [0, 0.05) is 52.0 Å². The first-order valence-electron chi connectivity index (χ1n) is 22.8. The summed E-state index contributed by atoms with van der Waals surface area (Å²) in [4.78, 5) is 58.2. The van der Waals surface area contributed by atoms with E-state index < -0.39 is 77.8 Å². The molecule has 1 saturated carbocycles. The highest BCUT2D eigenvalue weighted by molar-refractivity contribution is 6.39. The van der Waals surface area contributed by atoms with Gasteiger partial charge in [-0.2, -0.15) is 0 Å². The van der Waals surface area contributed by atoms with E-state index in [1.165, 1.54) is 19.1 Å². The lowest BCUT2D eigenvalue weighted by molar-refractivity contribution is -0.302. The number of piperidine rings is 1. The molecule has 1 aromatic heterocycles. The number of aliphatic hydroxyl groups is 2. The van der Waals surface area contributed by atoms with Crippen LogP contribution in [0.25, 0.3) is 0 Å². The third-order valence-corrected chi connectivity index (χ3v) is 13.9. The van der Waals surface area contributed by atoms with Crippen LogP contribution in [0.3, 0.4) is 0 Å². The van der Waals surface area contributed by atoms with Crippen LogP contribution in [0.4, 0.5) is 0 Å². The first-order chi connectivity index (χ1) is 29.5. The molecule has 0 aromatic carbocycles. The molecule has 348 valence electrons. The third-order valence-electron chi connectivity index (χ3n) is 13.9. The highest BCUT2D eigenvalue weighted by Gasteiger charge is 2.56. The van der Waals surface area contributed by atoms with Crippen LogP contribution in [0.5, 0.6) is 0 Å². The maximum Gasteiger partial charge on any atom is 0.329 e. The zero-order valence-electron chi connectivity index (χ0n) is 38.4. The van der Waals surface area contributed by atoms with Gasteiger partial charge in [-0.05, 0) is 108 Å². The lowest BCUT2D eigenvalue weighted by atomic mass is 9.81. The summed E-state index contributed by atoms with van der Waals surface area (Å²) in [5.41, 5.74) is 1.69. The van der Waals surface area contributed by atoms with Crippen LogP contribution in [0, 0.1) is 29.6 Å². The van der Waals surface area contributed by atoms with E-state index in [0.717, 1.165) is 24.2 Å². The van der Waals surface area contributed by atoms with Crippen LogP contribution in [-0.4, -0.2) is 121 Å². The van der Waals surface area contributed by atoms with Gasteiger partial charge in [0.15, 0.2) is 0 Å². The summed E-state index contributed by atoms with van der Waals surface area (Å²) in [5.74, 6) is -6.73. The number of esters is 1. The van der Waals surface area contributed by atoms with Crippen LogP contribution in [0.2, 0.25) is 0 Å². The van der Waals surface area contributed by atoms with Crippen molar-refractivity contribution in [2.24, 2.45) is 29.6 Å². The second-order valence-corrected chi connectivity index (χ2v) is 18.5. The van der Waals surface area contributed by atoms with E-state index >= 15 is 0 Å². The number of ether oxygens (including phenoxy) is 6. The predicted molar refractivity (Wildman–Crippen MR) is 229 cm³/mol. The van der Waals surface area contributed by atoms with Gasteiger partial charge in [0.25, 0.3) is 11.7 Å². The van der Waals surface area contributed by atoms with Crippen LogP contribution in [-0.2, 0) is 54.2 Å². The summed E-state index contributed by atoms with van der Waals surface area (Å²) in [6, 6.07) is 2.55. The summed E-state index contributed by atoms with van der Waals surface area (Å²) >= 11 is 0. The molecule has 1 aromatic rings. The van der Waals surface area contributed by atoms with Crippen molar-refractivity contribution < 1.29 is 62.2 Å². The molecule has 1 amide bonds. The molecule has 14 atom stereocenters. The fourth-order valence-electron chi connectivity index (χ4n) is 10.1. The number of fused-ring (bicyclic) bond motifs is 3. The van der Waals surface area contributed by atoms with Gasteiger partial charge in [-0.3, -0.25) is 14.4 Å². The summed E-state index contributed by atoms with van der Waals surface area (Å²) in [5, 5.41) is 23.9. The Morgan fingerprint density at radius 2 is 1.65 bits per heavy atom.